The second kappa shape index (κ2) is 14.8. The Hall–Kier alpha value is -2.29. The van der Waals surface area contributed by atoms with Crippen molar-refractivity contribution in [3.8, 4) is 0 Å². The van der Waals surface area contributed by atoms with Gasteiger partial charge in [-0.25, -0.2) is 4.79 Å². The van der Waals surface area contributed by atoms with Gasteiger partial charge in [0.25, 0.3) is 0 Å². The highest BCUT2D eigenvalue weighted by atomic mass is 16.6. The minimum Gasteiger partial charge on any atom is -0.456 e. The van der Waals surface area contributed by atoms with Crippen LogP contribution in [0.15, 0.2) is 72.4 Å². The molecule has 1 saturated heterocycles. The van der Waals surface area contributed by atoms with E-state index in [0.29, 0.717) is 29.9 Å². The Kier molecular flexibility index (Phi) is 12.4. The standard InChI is InChI=1S/C31H46O7/c1-8-11-21(5)29-31(38-29)30-22(6)16-18(2)13-10-15-24(32)27(35)23(7)28(36)26(34)20(4)14-9-12-19(3)17-25(33)37-30/h9-10,12,15,17,21-22,24,26-32,34-36H,2,4,7-8,11,13-14,16H2,1,3,5-6H3/b12-9-,15-10-,19-17-/t21-,22+,24-,26+,27-,28+,29-,30-,31+/m1/s1. The number of aliphatic hydroxyl groups excluding tert-OH is 4. The number of hydrogen-bond acceptors (Lipinski definition) is 7. The number of epoxide rings is 1. The summed E-state index contributed by atoms with van der Waals surface area (Å²) >= 11 is 0. The molecular formula is C31H46O7. The predicted molar refractivity (Wildman–Crippen MR) is 149 cm³/mol. The molecule has 2 rings (SSSR count). The third-order valence-electron chi connectivity index (χ3n) is 7.26. The normalized spacial score (nSPS) is 38.5. The quantitative estimate of drug-likeness (QED) is 0.245. The highest BCUT2D eigenvalue weighted by Gasteiger charge is 2.51. The second-order valence-corrected chi connectivity index (χ2v) is 10.8. The van der Waals surface area contributed by atoms with Crippen LogP contribution in [0.4, 0.5) is 0 Å². The van der Waals surface area contributed by atoms with Crippen molar-refractivity contribution >= 4 is 5.97 Å². The Morgan fingerprint density at radius 1 is 1.03 bits per heavy atom. The molecule has 0 unspecified atom stereocenters. The largest absolute Gasteiger partial charge is 0.456 e. The first-order valence-corrected chi connectivity index (χ1v) is 13.5. The number of ether oxygens (including phenoxy) is 2. The molecule has 0 spiro atoms. The van der Waals surface area contributed by atoms with Crippen LogP contribution in [-0.2, 0) is 14.3 Å². The summed E-state index contributed by atoms with van der Waals surface area (Å²) in [7, 11) is 0. The van der Waals surface area contributed by atoms with Crippen molar-refractivity contribution < 1.29 is 34.7 Å². The molecule has 1 fully saturated rings. The van der Waals surface area contributed by atoms with Crippen molar-refractivity contribution in [2.75, 3.05) is 0 Å². The molecule has 0 amide bonds. The van der Waals surface area contributed by atoms with E-state index in [1.54, 1.807) is 25.2 Å². The maximum absolute atomic E-state index is 12.8. The van der Waals surface area contributed by atoms with Gasteiger partial charge in [-0.3, -0.25) is 0 Å². The topological polar surface area (TPSA) is 120 Å². The monoisotopic (exact) mass is 530 g/mol. The van der Waals surface area contributed by atoms with Crippen LogP contribution in [0.3, 0.4) is 0 Å². The zero-order valence-electron chi connectivity index (χ0n) is 23.3. The SMILES string of the molecule is C=C1C/C=C\[C@@H](O)[C@H](O)C(=C)[C@H](O)[C@@H](O)C(=C)C/C=C\C(C)=C/C(=O)O[C@@H]([C@H]2O[C@@H]2[C@H](C)CCC)[C@@H](C)C1. The fraction of sp³-hybridized carbons (Fsp3) is 0.581. The summed E-state index contributed by atoms with van der Waals surface area (Å²) in [6, 6.07) is 0. The average molecular weight is 531 g/mol. The smallest absolute Gasteiger partial charge is 0.331 e. The molecule has 0 aromatic carbocycles. The van der Waals surface area contributed by atoms with Gasteiger partial charge in [-0.05, 0) is 61.2 Å². The maximum Gasteiger partial charge on any atom is 0.331 e. The Bertz CT molecular complexity index is 946. The van der Waals surface area contributed by atoms with Gasteiger partial charge in [0.05, 0.1) is 6.10 Å². The highest BCUT2D eigenvalue weighted by molar-refractivity contribution is 5.83. The van der Waals surface area contributed by atoms with Gasteiger partial charge in [0, 0.05) is 6.08 Å². The van der Waals surface area contributed by atoms with Gasteiger partial charge in [-0.1, -0.05) is 76.8 Å². The summed E-state index contributed by atoms with van der Waals surface area (Å²) in [5.41, 5.74) is 1.70. The number of cyclic esters (lactones) is 1. The van der Waals surface area contributed by atoms with Gasteiger partial charge >= 0.3 is 5.97 Å². The van der Waals surface area contributed by atoms with Gasteiger partial charge in [-0.2, -0.15) is 0 Å². The van der Waals surface area contributed by atoms with E-state index in [-0.39, 0.29) is 30.1 Å². The van der Waals surface area contributed by atoms with Crippen LogP contribution < -0.4 is 0 Å². The van der Waals surface area contributed by atoms with Gasteiger partial charge in [-0.15, -0.1) is 0 Å². The lowest BCUT2D eigenvalue weighted by molar-refractivity contribution is -0.146. The number of carbonyl (C=O) groups is 1. The number of esters is 1. The van der Waals surface area contributed by atoms with E-state index in [2.05, 4.69) is 33.6 Å². The molecular weight excluding hydrogens is 484 g/mol. The molecule has 0 aromatic heterocycles. The minimum atomic E-state index is -1.51. The molecule has 4 N–H and O–H groups in total. The third-order valence-corrected chi connectivity index (χ3v) is 7.26. The van der Waals surface area contributed by atoms with Crippen molar-refractivity contribution in [3.05, 3.63) is 72.4 Å². The molecule has 2 heterocycles. The summed E-state index contributed by atoms with van der Waals surface area (Å²) in [6.07, 6.45) is 5.05. The van der Waals surface area contributed by atoms with E-state index in [1.165, 1.54) is 12.2 Å². The molecule has 7 nitrogen and oxygen atoms in total. The average Bonchev–Trinajstić information content (AvgIpc) is 3.65. The molecule has 0 aliphatic carbocycles. The van der Waals surface area contributed by atoms with Crippen LogP contribution in [-0.4, -0.2) is 69.1 Å². The molecule has 0 bridgehead atoms. The second-order valence-electron chi connectivity index (χ2n) is 10.8. The molecule has 9 atom stereocenters. The van der Waals surface area contributed by atoms with Crippen LogP contribution in [0.5, 0.6) is 0 Å². The number of hydrogen-bond donors (Lipinski definition) is 4. The van der Waals surface area contributed by atoms with Crippen molar-refractivity contribution in [1.29, 1.82) is 0 Å². The zero-order chi connectivity index (χ0) is 28.6. The van der Waals surface area contributed by atoms with E-state index in [4.69, 9.17) is 9.47 Å². The zero-order valence-corrected chi connectivity index (χ0v) is 23.3. The molecule has 2 aliphatic rings. The lowest BCUT2D eigenvalue weighted by Gasteiger charge is -2.26. The highest BCUT2D eigenvalue weighted by Crippen LogP contribution is 2.39. The summed E-state index contributed by atoms with van der Waals surface area (Å²) in [5, 5.41) is 41.8. The number of aliphatic hydroxyl groups is 4. The Morgan fingerprint density at radius 3 is 2.37 bits per heavy atom. The fourth-order valence-corrected chi connectivity index (χ4v) is 4.86. The molecule has 212 valence electrons. The fourth-order valence-electron chi connectivity index (χ4n) is 4.86. The summed E-state index contributed by atoms with van der Waals surface area (Å²) in [5.74, 6) is -0.134. The van der Waals surface area contributed by atoms with E-state index in [9.17, 15) is 25.2 Å². The van der Waals surface area contributed by atoms with E-state index in [0.717, 1.165) is 18.4 Å². The molecule has 0 aromatic rings. The Labute approximate surface area is 227 Å². The van der Waals surface area contributed by atoms with Crippen LogP contribution in [0.2, 0.25) is 0 Å². The third kappa shape index (κ3) is 9.17. The van der Waals surface area contributed by atoms with Crippen LogP contribution >= 0.6 is 0 Å². The first-order chi connectivity index (χ1) is 17.9. The molecule has 38 heavy (non-hydrogen) atoms. The molecule has 0 saturated carbocycles. The van der Waals surface area contributed by atoms with Gasteiger partial charge < -0.3 is 29.9 Å². The molecule has 2 aliphatic heterocycles. The Morgan fingerprint density at radius 2 is 1.71 bits per heavy atom. The van der Waals surface area contributed by atoms with Crippen molar-refractivity contribution in [2.45, 2.75) is 103 Å². The minimum absolute atomic E-state index is 0.0474. The van der Waals surface area contributed by atoms with Crippen LogP contribution in [0.25, 0.3) is 0 Å². The first-order valence-electron chi connectivity index (χ1n) is 13.5. The van der Waals surface area contributed by atoms with E-state index < -0.39 is 36.5 Å². The van der Waals surface area contributed by atoms with Crippen LogP contribution in [0, 0.1) is 11.8 Å². The van der Waals surface area contributed by atoms with Crippen molar-refractivity contribution in [1.82, 2.24) is 0 Å². The van der Waals surface area contributed by atoms with E-state index >= 15 is 0 Å². The van der Waals surface area contributed by atoms with Crippen LogP contribution in [0.1, 0.15) is 59.8 Å². The molecule has 7 heteroatoms. The number of carbonyl (C=O) groups excluding carboxylic acids is 1. The number of allylic oxidation sites excluding steroid dienone is 5. The lowest BCUT2D eigenvalue weighted by atomic mass is 9.89. The summed E-state index contributed by atoms with van der Waals surface area (Å²) in [6.45, 7) is 19.7. The van der Waals surface area contributed by atoms with Crippen molar-refractivity contribution in [2.24, 2.45) is 11.8 Å². The predicted octanol–water partition coefficient (Wildman–Crippen LogP) is 4.09. The Balaban J connectivity index is 2.28. The summed E-state index contributed by atoms with van der Waals surface area (Å²) in [4.78, 5) is 12.8. The first kappa shape index (κ1) is 31.9. The van der Waals surface area contributed by atoms with Gasteiger partial charge in [0.2, 0.25) is 0 Å². The van der Waals surface area contributed by atoms with Crippen molar-refractivity contribution in [3.63, 3.8) is 0 Å². The lowest BCUT2D eigenvalue weighted by Crippen LogP contribution is -2.37. The number of rotatable bonds is 4. The summed E-state index contributed by atoms with van der Waals surface area (Å²) < 4.78 is 11.9. The van der Waals surface area contributed by atoms with E-state index in [1.807, 2.05) is 6.92 Å². The maximum atomic E-state index is 12.8. The molecule has 0 radical (unpaired) electrons. The van der Waals surface area contributed by atoms with Gasteiger partial charge in [0.15, 0.2) is 0 Å². The van der Waals surface area contributed by atoms with Gasteiger partial charge in [0.1, 0.15) is 36.6 Å².